The van der Waals surface area contributed by atoms with Crippen LogP contribution in [0.1, 0.15) is 77.3 Å². The molecular formula is C23H36N4O. The smallest absolute Gasteiger partial charge is 0.317 e. The molecule has 154 valence electrons. The molecule has 0 aromatic carbocycles. The lowest BCUT2D eigenvalue weighted by atomic mass is 9.60. The van der Waals surface area contributed by atoms with Crippen molar-refractivity contribution in [3.8, 4) is 0 Å². The van der Waals surface area contributed by atoms with Gasteiger partial charge in [0.05, 0.1) is 0 Å². The molecule has 0 radical (unpaired) electrons. The van der Waals surface area contributed by atoms with Gasteiger partial charge in [0.1, 0.15) is 0 Å². The maximum atomic E-state index is 12.5. The average molecular weight is 385 g/mol. The highest BCUT2D eigenvalue weighted by Gasteiger charge is 2.55. The Labute approximate surface area is 169 Å². The molecule has 1 atom stereocenters. The van der Waals surface area contributed by atoms with E-state index in [4.69, 9.17) is 0 Å². The second kappa shape index (κ2) is 7.66. The van der Waals surface area contributed by atoms with Crippen LogP contribution in [-0.4, -0.2) is 52.0 Å². The van der Waals surface area contributed by atoms with Crippen LogP contribution in [0.25, 0.3) is 0 Å². The number of nitrogens with one attached hydrogen (secondary N) is 1. The predicted octanol–water partition coefficient (Wildman–Crippen LogP) is 4.36. The van der Waals surface area contributed by atoms with Crippen LogP contribution < -0.4 is 5.32 Å². The number of aromatic nitrogens is 1. The summed E-state index contributed by atoms with van der Waals surface area (Å²) in [4.78, 5) is 21.5. The first-order chi connectivity index (χ1) is 13.4. The summed E-state index contributed by atoms with van der Waals surface area (Å²) in [5.74, 6) is 0. The fourth-order valence-electron chi connectivity index (χ4n) is 5.70. The molecule has 3 fully saturated rings. The highest BCUT2D eigenvalue weighted by molar-refractivity contribution is 5.75. The number of urea groups is 1. The quantitative estimate of drug-likeness (QED) is 0.824. The number of amides is 2. The molecular weight excluding hydrogens is 348 g/mol. The molecule has 5 nitrogen and oxygen atoms in total. The van der Waals surface area contributed by atoms with Crippen molar-refractivity contribution < 1.29 is 4.79 Å². The van der Waals surface area contributed by atoms with Crippen molar-refractivity contribution in [2.24, 2.45) is 5.41 Å². The van der Waals surface area contributed by atoms with E-state index in [0.717, 1.165) is 25.9 Å². The molecule has 1 aliphatic carbocycles. The zero-order valence-electron chi connectivity index (χ0n) is 17.8. The predicted molar refractivity (Wildman–Crippen MR) is 112 cm³/mol. The second-order valence-electron chi connectivity index (χ2n) is 10.2. The molecule has 1 unspecified atom stereocenters. The summed E-state index contributed by atoms with van der Waals surface area (Å²) >= 11 is 0. The summed E-state index contributed by atoms with van der Waals surface area (Å²) in [6, 6.07) is 5.65. The summed E-state index contributed by atoms with van der Waals surface area (Å²) in [6.07, 6.45) is 12.9. The molecule has 3 aliphatic rings. The van der Waals surface area contributed by atoms with Gasteiger partial charge in [-0.2, -0.15) is 0 Å². The number of pyridine rings is 1. The van der Waals surface area contributed by atoms with Crippen molar-refractivity contribution >= 4 is 6.03 Å². The molecule has 2 amide bonds. The average Bonchev–Trinajstić information content (AvgIpc) is 2.67. The molecule has 1 N–H and O–H groups in total. The summed E-state index contributed by atoms with van der Waals surface area (Å²) in [6.45, 7) is 9.08. The van der Waals surface area contributed by atoms with Crippen molar-refractivity contribution in [3.05, 3.63) is 30.1 Å². The maximum absolute atomic E-state index is 12.5. The molecule has 28 heavy (non-hydrogen) atoms. The number of nitrogens with zero attached hydrogens (tertiary/aromatic N) is 3. The van der Waals surface area contributed by atoms with Gasteiger partial charge >= 0.3 is 6.03 Å². The Bertz CT molecular complexity index is 670. The lowest BCUT2D eigenvalue weighted by Crippen LogP contribution is -2.64. The van der Waals surface area contributed by atoms with Crippen LogP contribution in [0.15, 0.2) is 24.5 Å². The van der Waals surface area contributed by atoms with Gasteiger partial charge in [-0.05, 0) is 64.2 Å². The molecule has 1 aromatic heterocycles. The second-order valence-corrected chi connectivity index (χ2v) is 10.2. The number of hydrogen-bond acceptors (Lipinski definition) is 3. The van der Waals surface area contributed by atoms with Crippen LogP contribution in [0.5, 0.6) is 0 Å². The molecule has 2 saturated heterocycles. The van der Waals surface area contributed by atoms with Gasteiger partial charge in [0.25, 0.3) is 0 Å². The van der Waals surface area contributed by atoms with Gasteiger partial charge < -0.3 is 10.2 Å². The van der Waals surface area contributed by atoms with Gasteiger partial charge in [-0.15, -0.1) is 0 Å². The van der Waals surface area contributed by atoms with E-state index in [0.29, 0.717) is 17.5 Å². The van der Waals surface area contributed by atoms with Gasteiger partial charge in [-0.1, -0.05) is 19.3 Å². The monoisotopic (exact) mass is 384 g/mol. The van der Waals surface area contributed by atoms with E-state index in [1.54, 1.807) is 0 Å². The SMILES string of the molecule is CC(C)(C)NC(=O)N1CCC(N2CC3(CCCCC3)C2c2ccncc2)CC1. The zero-order valence-corrected chi connectivity index (χ0v) is 17.8. The highest BCUT2D eigenvalue weighted by atomic mass is 16.2. The number of piperidine rings is 1. The Morgan fingerprint density at radius 2 is 1.75 bits per heavy atom. The molecule has 0 bridgehead atoms. The first-order valence-electron chi connectivity index (χ1n) is 11.1. The van der Waals surface area contributed by atoms with Crippen LogP contribution in [0, 0.1) is 5.41 Å². The lowest BCUT2D eigenvalue weighted by Gasteiger charge is -2.63. The van der Waals surface area contributed by atoms with E-state index < -0.39 is 0 Å². The third-order valence-corrected chi connectivity index (χ3v) is 6.98. The van der Waals surface area contributed by atoms with Crippen molar-refractivity contribution in [2.75, 3.05) is 19.6 Å². The molecule has 1 aromatic rings. The Kier molecular flexibility index (Phi) is 5.38. The minimum absolute atomic E-state index is 0.0870. The van der Waals surface area contributed by atoms with E-state index in [1.165, 1.54) is 44.2 Å². The third-order valence-electron chi connectivity index (χ3n) is 6.98. The van der Waals surface area contributed by atoms with Crippen LogP contribution in [0.3, 0.4) is 0 Å². The summed E-state index contributed by atoms with van der Waals surface area (Å²) in [5, 5.41) is 3.11. The Balaban J connectivity index is 1.42. The summed E-state index contributed by atoms with van der Waals surface area (Å²) < 4.78 is 0. The largest absolute Gasteiger partial charge is 0.333 e. The van der Waals surface area contributed by atoms with Gasteiger partial charge in [-0.3, -0.25) is 9.88 Å². The van der Waals surface area contributed by atoms with E-state index in [1.807, 2.05) is 38.1 Å². The number of rotatable bonds is 2. The number of carbonyl (C=O) groups excluding carboxylic acids is 1. The van der Waals surface area contributed by atoms with Crippen molar-refractivity contribution in [1.29, 1.82) is 0 Å². The van der Waals surface area contributed by atoms with Gasteiger partial charge in [-0.25, -0.2) is 4.79 Å². The van der Waals surface area contributed by atoms with E-state index in [2.05, 4.69) is 27.3 Å². The topological polar surface area (TPSA) is 48.5 Å². The van der Waals surface area contributed by atoms with Crippen LogP contribution in [0.2, 0.25) is 0 Å². The first kappa shape index (κ1) is 19.7. The number of likely N-dealkylation sites (tertiary alicyclic amines) is 2. The Hall–Kier alpha value is -1.62. The molecule has 4 rings (SSSR count). The molecule has 1 spiro atoms. The van der Waals surface area contributed by atoms with Crippen LogP contribution in [0.4, 0.5) is 4.79 Å². The minimum atomic E-state index is -0.175. The van der Waals surface area contributed by atoms with E-state index >= 15 is 0 Å². The molecule has 2 aliphatic heterocycles. The Morgan fingerprint density at radius 1 is 1.11 bits per heavy atom. The highest BCUT2D eigenvalue weighted by Crippen LogP contribution is 2.58. The first-order valence-corrected chi connectivity index (χ1v) is 11.1. The maximum Gasteiger partial charge on any atom is 0.317 e. The number of hydrogen-bond donors (Lipinski definition) is 1. The van der Waals surface area contributed by atoms with E-state index in [-0.39, 0.29) is 11.6 Å². The normalized spacial score (nSPS) is 26.1. The summed E-state index contributed by atoms with van der Waals surface area (Å²) in [5.41, 5.74) is 1.74. The van der Waals surface area contributed by atoms with Gasteiger partial charge in [0.2, 0.25) is 0 Å². The van der Waals surface area contributed by atoms with Crippen LogP contribution in [-0.2, 0) is 0 Å². The fraction of sp³-hybridized carbons (Fsp3) is 0.739. The molecule has 5 heteroatoms. The van der Waals surface area contributed by atoms with Gasteiger partial charge in [0, 0.05) is 55.1 Å². The number of carbonyl (C=O) groups is 1. The zero-order chi connectivity index (χ0) is 19.8. The summed E-state index contributed by atoms with van der Waals surface area (Å²) in [7, 11) is 0. The third kappa shape index (κ3) is 3.91. The van der Waals surface area contributed by atoms with Crippen LogP contribution >= 0.6 is 0 Å². The van der Waals surface area contributed by atoms with Crippen molar-refractivity contribution in [3.63, 3.8) is 0 Å². The lowest BCUT2D eigenvalue weighted by molar-refractivity contribution is -0.132. The molecule has 3 heterocycles. The van der Waals surface area contributed by atoms with Crippen molar-refractivity contribution in [2.45, 2.75) is 83.3 Å². The fourth-order valence-corrected chi connectivity index (χ4v) is 5.70. The van der Waals surface area contributed by atoms with Gasteiger partial charge in [0.15, 0.2) is 0 Å². The van der Waals surface area contributed by atoms with Crippen molar-refractivity contribution in [1.82, 2.24) is 20.1 Å². The minimum Gasteiger partial charge on any atom is -0.333 e. The van der Waals surface area contributed by atoms with E-state index in [9.17, 15) is 4.79 Å². The standard InChI is InChI=1S/C23H36N4O/c1-22(2,3)25-21(28)26-15-9-19(10-16-26)27-17-23(11-5-4-6-12-23)20(27)18-7-13-24-14-8-18/h7-8,13-14,19-20H,4-6,9-12,15-17H2,1-3H3,(H,25,28). The molecule has 1 saturated carbocycles. The Morgan fingerprint density at radius 3 is 2.36 bits per heavy atom.